The number of hydrogen-bond acceptors (Lipinski definition) is 3. The van der Waals surface area contributed by atoms with Crippen molar-refractivity contribution in [1.82, 2.24) is 0 Å². The van der Waals surface area contributed by atoms with Gasteiger partial charge in [-0.2, -0.15) is 8.42 Å². The molecule has 0 amide bonds. The largest absolute Gasteiger partial charge is 0.265 e. The molecule has 58 valence electrons. The van der Waals surface area contributed by atoms with Crippen LogP contribution in [-0.4, -0.2) is 27.2 Å². The summed E-state index contributed by atoms with van der Waals surface area (Å²) in [6.07, 6.45) is 0.968. The van der Waals surface area contributed by atoms with E-state index in [4.69, 9.17) is 11.6 Å². The first-order valence-corrected chi connectivity index (χ1v) is 4.77. The number of rotatable bonds is 2. The normalized spacial score (nSPS) is 10.2. The van der Waals surface area contributed by atoms with E-state index in [-0.39, 0.29) is 12.5 Å². The van der Waals surface area contributed by atoms with E-state index in [2.05, 4.69) is 16.0 Å². The quantitative estimate of drug-likeness (QED) is 0.348. The van der Waals surface area contributed by atoms with Crippen LogP contribution in [0.25, 0.3) is 0 Å². The molecule has 0 aromatic rings. The predicted molar refractivity (Wildman–Crippen MR) is 39.3 cm³/mol. The lowest BCUT2D eigenvalue weighted by atomic mass is 10.6. The summed E-state index contributed by atoms with van der Waals surface area (Å²) in [6, 6.07) is 0. The molecule has 3 nitrogen and oxygen atoms in total. The minimum absolute atomic E-state index is 0.119. The fourth-order valence-corrected chi connectivity index (χ4v) is 0.602. The van der Waals surface area contributed by atoms with Gasteiger partial charge in [0.2, 0.25) is 0 Å². The van der Waals surface area contributed by atoms with Crippen LogP contribution >= 0.6 is 11.6 Å². The standard InChI is InChI=1S/C5H7ClO3S/c1-10(7,8)9-5-3-2-4-6/h4-5H2,1H3. The van der Waals surface area contributed by atoms with Crippen molar-refractivity contribution in [2.75, 3.05) is 18.7 Å². The molecule has 0 radical (unpaired) electrons. The maximum Gasteiger partial charge on any atom is 0.265 e. The van der Waals surface area contributed by atoms with Crippen LogP contribution in [0.3, 0.4) is 0 Å². The molecular formula is C5H7ClO3S. The summed E-state index contributed by atoms with van der Waals surface area (Å²) in [5.41, 5.74) is 0. The highest BCUT2D eigenvalue weighted by Crippen LogP contribution is 1.83. The Morgan fingerprint density at radius 3 is 2.50 bits per heavy atom. The summed E-state index contributed by atoms with van der Waals surface area (Å²) in [7, 11) is -3.35. The Hall–Kier alpha value is -0.240. The van der Waals surface area contributed by atoms with Gasteiger partial charge < -0.3 is 0 Å². The van der Waals surface area contributed by atoms with Crippen LogP contribution in [0.2, 0.25) is 0 Å². The van der Waals surface area contributed by atoms with Crippen molar-refractivity contribution in [2.45, 2.75) is 0 Å². The van der Waals surface area contributed by atoms with Gasteiger partial charge in [-0.3, -0.25) is 4.18 Å². The molecule has 10 heavy (non-hydrogen) atoms. The molecule has 0 bridgehead atoms. The summed E-state index contributed by atoms with van der Waals surface area (Å²) in [5.74, 6) is 5.04. The van der Waals surface area contributed by atoms with E-state index in [1.54, 1.807) is 0 Å². The predicted octanol–water partition coefficient (Wildman–Crippen LogP) is 0.205. The first-order chi connectivity index (χ1) is 4.56. The van der Waals surface area contributed by atoms with Gasteiger partial charge in [0, 0.05) is 0 Å². The highest BCUT2D eigenvalue weighted by molar-refractivity contribution is 7.85. The first kappa shape index (κ1) is 9.76. The molecule has 0 aliphatic heterocycles. The first-order valence-electron chi connectivity index (χ1n) is 2.42. The van der Waals surface area contributed by atoms with Crippen LogP contribution in [0.4, 0.5) is 0 Å². The van der Waals surface area contributed by atoms with Crippen molar-refractivity contribution in [3.05, 3.63) is 0 Å². The van der Waals surface area contributed by atoms with E-state index in [0.29, 0.717) is 0 Å². The molecule has 0 aromatic heterocycles. The minimum atomic E-state index is -3.35. The average molecular weight is 183 g/mol. The second-order valence-corrected chi connectivity index (χ2v) is 3.36. The second kappa shape index (κ2) is 4.56. The van der Waals surface area contributed by atoms with Gasteiger partial charge in [-0.25, -0.2) is 0 Å². The van der Waals surface area contributed by atoms with E-state index in [0.717, 1.165) is 6.26 Å². The Morgan fingerprint density at radius 1 is 1.50 bits per heavy atom. The fourth-order valence-electron chi connectivity index (χ4n) is 0.235. The van der Waals surface area contributed by atoms with Crippen LogP contribution < -0.4 is 0 Å². The smallest absolute Gasteiger partial charge is 0.257 e. The van der Waals surface area contributed by atoms with Gasteiger partial charge in [0.05, 0.1) is 12.1 Å². The average Bonchev–Trinajstić information content (AvgIpc) is 1.78. The van der Waals surface area contributed by atoms with Gasteiger partial charge in [0.25, 0.3) is 10.1 Å². The van der Waals surface area contributed by atoms with Crippen LogP contribution in [0.1, 0.15) is 0 Å². The molecule has 0 fully saturated rings. The summed E-state index contributed by atoms with van der Waals surface area (Å²) < 4.78 is 24.8. The molecule has 0 rings (SSSR count). The maximum atomic E-state index is 10.3. The molecule has 0 aromatic carbocycles. The molecule has 0 saturated carbocycles. The molecule has 0 heterocycles. The van der Waals surface area contributed by atoms with Gasteiger partial charge >= 0.3 is 0 Å². The summed E-state index contributed by atoms with van der Waals surface area (Å²) in [6.45, 7) is -0.119. The molecule has 0 N–H and O–H groups in total. The number of alkyl halides is 1. The third-order valence-electron chi connectivity index (χ3n) is 0.537. The van der Waals surface area contributed by atoms with E-state index >= 15 is 0 Å². The molecule has 5 heteroatoms. The molecule has 0 saturated heterocycles. The molecule has 0 spiro atoms. The van der Waals surface area contributed by atoms with Gasteiger partial charge in [0.15, 0.2) is 0 Å². The van der Waals surface area contributed by atoms with Gasteiger partial charge in [-0.15, -0.1) is 11.6 Å². The minimum Gasteiger partial charge on any atom is -0.257 e. The third-order valence-corrected chi connectivity index (χ3v) is 1.22. The monoisotopic (exact) mass is 182 g/mol. The molecule has 0 aliphatic rings. The van der Waals surface area contributed by atoms with Crippen molar-refractivity contribution in [3.63, 3.8) is 0 Å². The van der Waals surface area contributed by atoms with Crippen LogP contribution in [0.15, 0.2) is 0 Å². The van der Waals surface area contributed by atoms with Crippen molar-refractivity contribution in [2.24, 2.45) is 0 Å². The van der Waals surface area contributed by atoms with Crippen LogP contribution in [0, 0.1) is 11.8 Å². The van der Waals surface area contributed by atoms with E-state index in [9.17, 15) is 8.42 Å². The summed E-state index contributed by atoms with van der Waals surface area (Å²) >= 11 is 5.17. The zero-order valence-corrected chi connectivity index (χ0v) is 7.00. The van der Waals surface area contributed by atoms with E-state index in [1.165, 1.54) is 0 Å². The molecule has 0 unspecified atom stereocenters. The highest BCUT2D eigenvalue weighted by Gasteiger charge is 1.96. The Balaban J connectivity index is 3.58. The Labute approximate surface area is 65.4 Å². The van der Waals surface area contributed by atoms with Crippen LogP contribution in [-0.2, 0) is 14.3 Å². The number of hydrogen-bond donors (Lipinski definition) is 0. The van der Waals surface area contributed by atoms with Gasteiger partial charge in [-0.05, 0) is 0 Å². The van der Waals surface area contributed by atoms with Crippen LogP contribution in [0.5, 0.6) is 0 Å². The zero-order valence-electron chi connectivity index (χ0n) is 5.43. The topological polar surface area (TPSA) is 43.4 Å². The lowest BCUT2D eigenvalue weighted by Gasteiger charge is -1.91. The third kappa shape index (κ3) is 7.76. The van der Waals surface area contributed by atoms with Crippen molar-refractivity contribution in [3.8, 4) is 11.8 Å². The van der Waals surface area contributed by atoms with Crippen molar-refractivity contribution in [1.29, 1.82) is 0 Å². The van der Waals surface area contributed by atoms with Gasteiger partial charge in [-0.1, -0.05) is 11.8 Å². The summed E-state index contributed by atoms with van der Waals surface area (Å²) in [5, 5.41) is 0. The Morgan fingerprint density at radius 2 is 2.10 bits per heavy atom. The maximum absolute atomic E-state index is 10.3. The van der Waals surface area contributed by atoms with E-state index in [1.807, 2.05) is 0 Å². The zero-order chi connectivity index (χ0) is 8.04. The van der Waals surface area contributed by atoms with Crippen molar-refractivity contribution < 1.29 is 12.6 Å². The summed E-state index contributed by atoms with van der Waals surface area (Å²) in [4.78, 5) is 0. The molecular weight excluding hydrogens is 176 g/mol. The second-order valence-electron chi connectivity index (χ2n) is 1.45. The number of halogens is 1. The highest BCUT2D eigenvalue weighted by atomic mass is 35.5. The van der Waals surface area contributed by atoms with Crippen molar-refractivity contribution >= 4 is 21.7 Å². The Bertz CT molecular complexity index is 233. The molecule has 0 aliphatic carbocycles. The van der Waals surface area contributed by atoms with Gasteiger partial charge in [0.1, 0.15) is 6.61 Å². The van der Waals surface area contributed by atoms with E-state index < -0.39 is 10.1 Å². The SMILES string of the molecule is CS(=O)(=O)OCC#CCCl. The Kier molecular flexibility index (Phi) is 4.45. The fraction of sp³-hybridized carbons (Fsp3) is 0.600. The lowest BCUT2D eigenvalue weighted by Crippen LogP contribution is -2.02. The molecule has 0 atom stereocenters. The lowest BCUT2D eigenvalue weighted by molar-refractivity contribution is 0.368.